The van der Waals surface area contributed by atoms with Crippen LogP contribution >= 0.6 is 0 Å². The van der Waals surface area contributed by atoms with Crippen molar-refractivity contribution in [1.29, 1.82) is 0 Å². The molecule has 4 rings (SSSR count). The van der Waals surface area contributed by atoms with Gasteiger partial charge in [-0.2, -0.15) is 0 Å². The van der Waals surface area contributed by atoms with Gasteiger partial charge in [0.05, 0.1) is 12.7 Å². The minimum absolute atomic E-state index is 0.0944. The number of nitrogens with zero attached hydrogens (tertiary/aromatic N) is 2. The Balaban J connectivity index is 1.51. The fourth-order valence-corrected chi connectivity index (χ4v) is 4.05. The lowest BCUT2D eigenvalue weighted by molar-refractivity contribution is 0.0742. The summed E-state index contributed by atoms with van der Waals surface area (Å²) in [6.45, 7) is 6.67. The van der Waals surface area contributed by atoms with Gasteiger partial charge in [0.2, 0.25) is 0 Å². The van der Waals surface area contributed by atoms with E-state index in [2.05, 4.69) is 11.0 Å². The van der Waals surface area contributed by atoms with Gasteiger partial charge in [-0.25, -0.2) is 0 Å². The maximum Gasteiger partial charge on any atom is 0.254 e. The molecule has 0 spiro atoms. The first-order valence-corrected chi connectivity index (χ1v) is 10.9. The van der Waals surface area contributed by atoms with Crippen LogP contribution in [0.4, 0.5) is 5.69 Å². The number of piperazine rings is 1. The first-order chi connectivity index (χ1) is 15.5. The zero-order valence-electron chi connectivity index (χ0n) is 18.8. The normalized spacial score (nSPS) is 13.7. The molecule has 0 atom stereocenters. The largest absolute Gasteiger partial charge is 0.497 e. The Morgan fingerprint density at radius 1 is 0.781 bits per heavy atom. The molecular formula is C27H28N2O3. The second kappa shape index (κ2) is 9.27. The molecule has 0 N–H and O–H groups in total. The molecule has 0 saturated carbocycles. The van der Waals surface area contributed by atoms with Crippen LogP contribution in [-0.2, 0) is 0 Å². The Morgan fingerprint density at radius 2 is 1.50 bits per heavy atom. The van der Waals surface area contributed by atoms with Crippen molar-refractivity contribution in [3.8, 4) is 5.75 Å². The summed E-state index contributed by atoms with van der Waals surface area (Å²) < 4.78 is 5.33. The summed E-state index contributed by atoms with van der Waals surface area (Å²) in [6, 6.07) is 20.8. The van der Waals surface area contributed by atoms with E-state index >= 15 is 0 Å². The van der Waals surface area contributed by atoms with Crippen molar-refractivity contribution < 1.29 is 14.3 Å². The number of carbonyl (C=O) groups is 2. The predicted molar refractivity (Wildman–Crippen MR) is 127 cm³/mol. The van der Waals surface area contributed by atoms with Crippen molar-refractivity contribution in [2.24, 2.45) is 0 Å². The molecule has 0 radical (unpaired) electrons. The van der Waals surface area contributed by atoms with Gasteiger partial charge >= 0.3 is 0 Å². The van der Waals surface area contributed by atoms with Gasteiger partial charge in [0.1, 0.15) is 5.75 Å². The van der Waals surface area contributed by atoms with Crippen LogP contribution in [0.25, 0.3) is 0 Å². The molecule has 1 fully saturated rings. The number of aryl methyl sites for hydroxylation is 2. The summed E-state index contributed by atoms with van der Waals surface area (Å²) in [6.07, 6.45) is 0. The Labute approximate surface area is 189 Å². The molecule has 164 valence electrons. The fraction of sp³-hybridized carbons (Fsp3) is 0.259. The van der Waals surface area contributed by atoms with Crippen molar-refractivity contribution in [2.45, 2.75) is 13.8 Å². The maximum atomic E-state index is 13.4. The highest BCUT2D eigenvalue weighted by atomic mass is 16.5. The Kier molecular flexibility index (Phi) is 6.26. The number of ether oxygens (including phenoxy) is 1. The molecule has 0 unspecified atom stereocenters. The summed E-state index contributed by atoms with van der Waals surface area (Å²) >= 11 is 0. The van der Waals surface area contributed by atoms with Crippen LogP contribution in [0.5, 0.6) is 5.75 Å². The zero-order valence-corrected chi connectivity index (χ0v) is 18.8. The first-order valence-electron chi connectivity index (χ1n) is 10.9. The molecule has 0 aliphatic carbocycles. The SMILES string of the molecule is COc1cccc(N2CCN(C(=O)c3ccccc3C(=O)c3ccc(C)c(C)c3)CC2)c1. The zero-order chi connectivity index (χ0) is 22.7. The van der Waals surface area contributed by atoms with E-state index in [9.17, 15) is 9.59 Å². The number of benzene rings is 3. The molecule has 3 aromatic rings. The van der Waals surface area contributed by atoms with Crippen molar-refractivity contribution in [2.75, 3.05) is 38.2 Å². The lowest BCUT2D eigenvalue weighted by Gasteiger charge is -2.36. The van der Waals surface area contributed by atoms with Crippen molar-refractivity contribution in [3.63, 3.8) is 0 Å². The molecule has 0 aromatic heterocycles. The molecule has 1 aliphatic heterocycles. The lowest BCUT2D eigenvalue weighted by atomic mass is 9.95. The molecule has 5 heteroatoms. The summed E-state index contributed by atoms with van der Waals surface area (Å²) in [5.41, 5.74) is 4.81. The van der Waals surface area contributed by atoms with E-state index in [-0.39, 0.29) is 11.7 Å². The van der Waals surface area contributed by atoms with Gasteiger partial charge in [-0.1, -0.05) is 36.4 Å². The highest BCUT2D eigenvalue weighted by Gasteiger charge is 2.26. The van der Waals surface area contributed by atoms with Gasteiger partial charge in [-0.05, 0) is 49.2 Å². The Hall–Kier alpha value is -3.60. The van der Waals surface area contributed by atoms with Gasteiger partial charge in [-0.3, -0.25) is 9.59 Å². The third kappa shape index (κ3) is 4.37. The number of hydrogen-bond acceptors (Lipinski definition) is 4. The minimum atomic E-state index is -0.118. The number of hydrogen-bond donors (Lipinski definition) is 0. The number of ketones is 1. The summed E-state index contributed by atoms with van der Waals surface area (Å²) in [7, 11) is 1.66. The van der Waals surface area contributed by atoms with Crippen molar-refractivity contribution >= 4 is 17.4 Å². The van der Waals surface area contributed by atoms with Gasteiger partial charge in [-0.15, -0.1) is 0 Å². The van der Waals surface area contributed by atoms with E-state index in [1.807, 2.05) is 67.3 Å². The van der Waals surface area contributed by atoms with Crippen molar-refractivity contribution in [3.05, 3.63) is 94.5 Å². The fourth-order valence-electron chi connectivity index (χ4n) is 4.05. The van der Waals surface area contributed by atoms with E-state index in [0.29, 0.717) is 29.8 Å². The number of rotatable bonds is 5. The summed E-state index contributed by atoms with van der Waals surface area (Å²) in [5, 5.41) is 0. The standard InChI is InChI=1S/C27H28N2O3/c1-19-11-12-21(17-20(19)2)26(30)24-9-4-5-10-25(24)27(31)29-15-13-28(14-16-29)22-7-6-8-23(18-22)32-3/h4-12,17-18H,13-16H2,1-3H3. The highest BCUT2D eigenvalue weighted by Crippen LogP contribution is 2.24. The molecule has 1 aliphatic rings. The van der Waals surface area contributed by atoms with Gasteiger partial charge in [0.25, 0.3) is 5.91 Å². The molecule has 5 nitrogen and oxygen atoms in total. The van der Waals surface area contributed by atoms with Crippen LogP contribution in [0.3, 0.4) is 0 Å². The van der Waals surface area contributed by atoms with Crippen LogP contribution < -0.4 is 9.64 Å². The van der Waals surface area contributed by atoms with Crippen molar-refractivity contribution in [1.82, 2.24) is 4.90 Å². The second-order valence-corrected chi connectivity index (χ2v) is 8.15. The smallest absolute Gasteiger partial charge is 0.254 e. The van der Waals surface area contributed by atoms with E-state index in [4.69, 9.17) is 4.74 Å². The van der Waals surface area contributed by atoms with E-state index in [1.54, 1.807) is 19.2 Å². The number of anilines is 1. The third-order valence-corrected chi connectivity index (χ3v) is 6.16. The molecule has 0 bridgehead atoms. The Morgan fingerprint density at radius 3 is 2.19 bits per heavy atom. The molecule has 3 aromatic carbocycles. The number of methoxy groups -OCH3 is 1. The quantitative estimate of drug-likeness (QED) is 0.561. The summed E-state index contributed by atoms with van der Waals surface area (Å²) in [4.78, 5) is 30.7. The van der Waals surface area contributed by atoms with E-state index in [1.165, 1.54) is 0 Å². The summed E-state index contributed by atoms with van der Waals surface area (Å²) in [5.74, 6) is 0.606. The van der Waals surface area contributed by atoms with Crippen LogP contribution in [0.15, 0.2) is 66.7 Å². The average Bonchev–Trinajstić information content (AvgIpc) is 2.85. The third-order valence-electron chi connectivity index (χ3n) is 6.16. The van der Waals surface area contributed by atoms with Gasteiger partial charge < -0.3 is 14.5 Å². The van der Waals surface area contributed by atoms with Crippen LogP contribution in [-0.4, -0.2) is 49.9 Å². The number of amides is 1. The lowest BCUT2D eigenvalue weighted by Crippen LogP contribution is -2.49. The first kappa shape index (κ1) is 21.6. The molecular weight excluding hydrogens is 400 g/mol. The minimum Gasteiger partial charge on any atom is -0.497 e. The molecule has 1 heterocycles. The molecule has 32 heavy (non-hydrogen) atoms. The van der Waals surface area contributed by atoms with Gasteiger partial charge in [0.15, 0.2) is 5.78 Å². The second-order valence-electron chi connectivity index (χ2n) is 8.15. The molecule has 1 saturated heterocycles. The van der Waals surface area contributed by atoms with Gasteiger partial charge in [0, 0.05) is 49.1 Å². The number of carbonyl (C=O) groups excluding carboxylic acids is 2. The average molecular weight is 429 g/mol. The predicted octanol–water partition coefficient (Wildman–Crippen LogP) is 4.51. The van der Waals surface area contributed by atoms with Crippen LogP contribution in [0.1, 0.15) is 37.4 Å². The van der Waals surface area contributed by atoms with E-state index in [0.717, 1.165) is 35.7 Å². The monoisotopic (exact) mass is 428 g/mol. The topological polar surface area (TPSA) is 49.9 Å². The molecule has 1 amide bonds. The Bertz CT molecular complexity index is 1150. The van der Waals surface area contributed by atoms with Crippen LogP contribution in [0.2, 0.25) is 0 Å². The maximum absolute atomic E-state index is 13.4. The highest BCUT2D eigenvalue weighted by molar-refractivity contribution is 6.15. The van der Waals surface area contributed by atoms with E-state index < -0.39 is 0 Å². The van der Waals surface area contributed by atoms with Crippen LogP contribution in [0, 0.1) is 13.8 Å².